The Morgan fingerprint density at radius 3 is 1.07 bits per heavy atom. The largest absolute Gasteiger partial charge is 0.313 e. The molecule has 0 atom stereocenters. The lowest BCUT2D eigenvalue weighted by Gasteiger charge is -2.47. The maximum absolute atomic E-state index is 11.7. The van der Waals surface area contributed by atoms with E-state index in [0.29, 0.717) is 44.5 Å². The molecule has 0 spiro atoms. The van der Waals surface area contributed by atoms with Crippen LogP contribution in [0.4, 0.5) is 34.1 Å². The summed E-state index contributed by atoms with van der Waals surface area (Å²) in [6.45, 7) is 12.3. The smallest absolute Gasteiger partial charge is 0.0667 e. The van der Waals surface area contributed by atoms with Crippen molar-refractivity contribution in [3.05, 3.63) is 347 Å². The van der Waals surface area contributed by atoms with Gasteiger partial charge in [0, 0.05) is 91.2 Å². The molecular formula is C93H72N4. The maximum Gasteiger partial charge on any atom is 0.0667 e. The third-order valence-electron chi connectivity index (χ3n) is 19.6. The van der Waals surface area contributed by atoms with Gasteiger partial charge >= 0.3 is 0 Å². The summed E-state index contributed by atoms with van der Waals surface area (Å²) in [4.78, 5) is 3.19. The molecule has 0 radical (unpaired) electrons. The minimum absolute atomic E-state index is 0.00624. The molecule has 13 aromatic carbocycles. The number of aromatic nitrogens is 2. The number of rotatable bonds is 8. The van der Waals surface area contributed by atoms with Gasteiger partial charge < -0.3 is 18.9 Å². The molecule has 0 saturated heterocycles. The first-order chi connectivity index (χ1) is 57.8. The van der Waals surface area contributed by atoms with E-state index in [0.717, 1.165) is 11.1 Å². The number of para-hydroxylation sites is 2. The molecule has 4 nitrogen and oxygen atoms in total. The van der Waals surface area contributed by atoms with Crippen LogP contribution in [0.2, 0.25) is 0 Å². The van der Waals surface area contributed by atoms with Gasteiger partial charge in [-0.15, -0.1) is 0 Å². The van der Waals surface area contributed by atoms with Crippen molar-refractivity contribution in [3.63, 3.8) is 0 Å². The van der Waals surface area contributed by atoms with Crippen LogP contribution in [0.15, 0.2) is 297 Å². The predicted octanol–water partition coefficient (Wildman–Crippen LogP) is 24.7. The van der Waals surface area contributed by atoms with E-state index >= 15 is 0 Å². The maximum atomic E-state index is 11.7. The zero-order chi connectivity index (χ0) is 86.8. The summed E-state index contributed by atoms with van der Waals surface area (Å²) in [6.07, 6.45) is -0.802. The minimum atomic E-state index is -1.88. The van der Waals surface area contributed by atoms with Crippen molar-refractivity contribution in [1.82, 2.24) is 9.13 Å². The molecule has 0 fully saturated rings. The second kappa shape index (κ2) is 21.5. The van der Waals surface area contributed by atoms with Crippen LogP contribution in [-0.2, 0) is 23.7 Å². The molecule has 0 saturated carbocycles. The highest BCUT2D eigenvalue weighted by Gasteiger charge is 2.44. The standard InChI is InChI=1S/C93H72N4/c1-92(2,3)64-52-74(58-28-11-7-12-29-58)90(75(53-64)59-30-13-8-14-31-59)96-80-44-27-45-81-89(80)88(72-48-46-66(56-82(72)96)94-78-42-25-23-40-70(78)86-68-38-21-19-36-62(68)50-84(86)94)73-49-47-67(95-79-43-26-24-41-71(79)87-69-39-22-20-37-63(69)51-85(87)95)57-83(73)97(81)91-76(60-32-15-9-16-33-60)54-65(93(4,5)6)55-77(91)61-34-17-10-18-35-61/h7-49,52-57,88H,50-51H2,1-6H3/i19D,20D,21D,22D,23D,24D,25D,26D,27D,36D,37D,38D,39D,40D,41D,42D,43D,44D,45D,46D,47D,48D,49D,56D,57D. The lowest BCUT2D eigenvalue weighted by Crippen LogP contribution is -2.30. The van der Waals surface area contributed by atoms with Gasteiger partial charge in [-0.2, -0.15) is 0 Å². The fourth-order valence-electron chi connectivity index (χ4n) is 15.0. The Labute approximate surface area is 603 Å². The number of nitrogens with zero attached hydrogens (tertiary/aromatic N) is 4. The number of anilines is 6. The molecule has 19 rings (SSSR count). The van der Waals surface area contributed by atoms with E-state index in [-0.39, 0.29) is 117 Å². The second-order valence-corrected chi connectivity index (χ2v) is 27.2. The molecule has 15 aromatic rings. The van der Waals surface area contributed by atoms with E-state index in [2.05, 4.69) is 0 Å². The van der Waals surface area contributed by atoms with Crippen molar-refractivity contribution in [1.29, 1.82) is 0 Å². The van der Waals surface area contributed by atoms with Gasteiger partial charge in [-0.1, -0.05) is 266 Å². The zero-order valence-electron chi connectivity index (χ0n) is 78.6. The van der Waals surface area contributed by atoms with E-state index in [9.17, 15) is 28.8 Å². The Bertz CT molecular complexity index is 6720. The lowest BCUT2D eigenvalue weighted by molar-refractivity contribution is 0.590. The first kappa shape index (κ1) is 37.0. The van der Waals surface area contributed by atoms with Crippen LogP contribution in [0.5, 0.6) is 0 Å². The summed E-state index contributed by atoms with van der Waals surface area (Å²) >= 11 is 0. The molecule has 464 valence electrons. The van der Waals surface area contributed by atoms with Crippen LogP contribution in [0.3, 0.4) is 0 Å². The van der Waals surface area contributed by atoms with E-state index in [1.54, 1.807) is 9.80 Å². The predicted molar refractivity (Wildman–Crippen MR) is 406 cm³/mol. The quantitative estimate of drug-likeness (QED) is 0.151. The first-order valence-electron chi connectivity index (χ1n) is 44.9. The average Bonchev–Trinajstić information content (AvgIpc) is 0.866. The highest BCUT2D eigenvalue weighted by atomic mass is 15.2. The molecule has 2 aromatic heterocycles. The van der Waals surface area contributed by atoms with E-state index < -0.39 is 192 Å². The fraction of sp³-hybridized carbons (Fsp3) is 0.118. The highest BCUT2D eigenvalue weighted by molar-refractivity contribution is 6.09. The Morgan fingerprint density at radius 1 is 0.351 bits per heavy atom. The Morgan fingerprint density at radius 2 is 0.701 bits per heavy atom. The molecule has 97 heavy (non-hydrogen) atoms. The molecule has 4 heteroatoms. The Kier molecular flexibility index (Phi) is 8.21. The van der Waals surface area contributed by atoms with Gasteiger partial charge in [-0.3, -0.25) is 0 Å². The van der Waals surface area contributed by atoms with E-state index in [1.807, 2.05) is 187 Å². The third kappa shape index (κ3) is 8.75. The molecule has 4 heterocycles. The van der Waals surface area contributed by atoms with Gasteiger partial charge in [0.1, 0.15) is 0 Å². The average molecular weight is 1270 g/mol. The van der Waals surface area contributed by atoms with Crippen LogP contribution in [0.1, 0.15) is 132 Å². The molecule has 2 aliphatic carbocycles. The number of hydrogen-bond donors (Lipinski definition) is 0. The Hall–Kier alpha value is -11.5. The van der Waals surface area contributed by atoms with Crippen LogP contribution in [0, 0.1) is 0 Å². The van der Waals surface area contributed by atoms with Gasteiger partial charge in [-0.25, -0.2) is 0 Å². The first-order valence-corrected chi connectivity index (χ1v) is 32.4. The fourth-order valence-corrected chi connectivity index (χ4v) is 15.0. The van der Waals surface area contributed by atoms with Crippen molar-refractivity contribution in [3.8, 4) is 78.1 Å². The van der Waals surface area contributed by atoms with Gasteiger partial charge in [-0.05, 0) is 150 Å². The SMILES string of the molecule is [2H]c1c([2H])c([2H])c2c(c1[2H])Cc1c-2c2c([2H])c([2H])c([2H])c([2H])c2n1-c1c([2H])c([2H])c2c(c1[2H])N(c1c(-c3ccccc3)cc(C(C)(C)C)cc1-c1ccccc1)c1c([2H])c([2H])c([2H])c3c1C2c1c([2H])c([2H])c(-n2c4c(c5c([2H])c([2H])c([2H])c([2H])c52)-c2c([2H])c([2H])c([2H])c([2H])c2C4)c([2H])c1N3c1c(-c2ccccc2)cc(C(C)(C)C)cc1-c1ccccc1. The Balaban J connectivity index is 1.07. The normalized spacial score (nSPS) is 17.1. The topological polar surface area (TPSA) is 16.3 Å². The summed E-state index contributed by atoms with van der Waals surface area (Å²) in [5.41, 5.74) is 1.29. The lowest BCUT2D eigenvalue weighted by atomic mass is 9.74. The number of fused-ring (bicyclic) bond motifs is 14. The zero-order valence-corrected chi connectivity index (χ0v) is 53.6. The van der Waals surface area contributed by atoms with Gasteiger partial charge in [0.25, 0.3) is 0 Å². The second-order valence-electron chi connectivity index (χ2n) is 27.2. The third-order valence-corrected chi connectivity index (χ3v) is 19.6. The molecule has 0 bridgehead atoms. The molecular weight excluding hydrogens is 1170 g/mol. The van der Waals surface area contributed by atoms with Crippen LogP contribution < -0.4 is 9.80 Å². The monoisotopic (exact) mass is 1270 g/mol. The van der Waals surface area contributed by atoms with Crippen molar-refractivity contribution in [2.75, 3.05) is 9.80 Å². The van der Waals surface area contributed by atoms with Gasteiger partial charge in [0.2, 0.25) is 0 Å². The summed E-state index contributed by atoms with van der Waals surface area (Å²) in [5.74, 6) is -1.88. The summed E-state index contributed by atoms with van der Waals surface area (Å²) in [7, 11) is 0. The van der Waals surface area contributed by atoms with Gasteiger partial charge in [0.05, 0.1) is 79.4 Å². The molecule has 0 unspecified atom stereocenters. The van der Waals surface area contributed by atoms with Crippen LogP contribution >= 0.6 is 0 Å². The van der Waals surface area contributed by atoms with Crippen LogP contribution in [0.25, 0.3) is 99.9 Å². The van der Waals surface area contributed by atoms with Crippen molar-refractivity contribution >= 4 is 55.9 Å². The number of hydrogen-bond acceptors (Lipinski definition) is 2. The summed E-state index contributed by atoms with van der Waals surface area (Å²) in [6, 6.07) is 28.7. The highest BCUT2D eigenvalue weighted by Crippen LogP contribution is 2.65. The number of benzene rings is 13. The van der Waals surface area contributed by atoms with Crippen molar-refractivity contribution in [2.45, 2.75) is 71.1 Å². The van der Waals surface area contributed by atoms with Crippen molar-refractivity contribution in [2.24, 2.45) is 0 Å². The molecule has 0 amide bonds. The molecule has 4 aliphatic rings. The molecule has 0 N–H and O–H groups in total. The summed E-state index contributed by atoms with van der Waals surface area (Å²) < 4.78 is 254. The summed E-state index contributed by atoms with van der Waals surface area (Å²) in [5, 5.41) is -0.443. The van der Waals surface area contributed by atoms with E-state index in [1.165, 1.54) is 9.13 Å². The van der Waals surface area contributed by atoms with Gasteiger partial charge in [0.15, 0.2) is 0 Å². The minimum Gasteiger partial charge on any atom is -0.313 e. The van der Waals surface area contributed by atoms with Crippen LogP contribution in [-0.4, -0.2) is 9.13 Å². The van der Waals surface area contributed by atoms with Crippen molar-refractivity contribution < 1.29 is 34.3 Å². The van der Waals surface area contributed by atoms with E-state index in [4.69, 9.17) is 5.48 Å². The molecule has 2 aliphatic heterocycles.